The molecule has 2 aromatic carbocycles. The third-order valence-electron chi connectivity index (χ3n) is 5.49. The molecule has 190 valence electrons. The normalized spacial score (nSPS) is 11.7. The Balaban J connectivity index is 1.55. The lowest BCUT2D eigenvalue weighted by molar-refractivity contribution is 0.217. The average molecular weight is 545 g/mol. The lowest BCUT2D eigenvalue weighted by atomic mass is 10.2. The smallest absolute Gasteiger partial charge is 0.272 e. The molecule has 0 aliphatic heterocycles. The van der Waals surface area contributed by atoms with E-state index in [1.807, 2.05) is 30.3 Å². The molecular weight excluding hydrogens is 517 g/mol. The standard InChI is InChI=1S/C25H28N4O4S3/c1-4-29(5-2)13-14-33-22-16-20-19(15-21(22)32-3)25(27-17-26-20)28-36(30,31)24-12-11-23(35-24)34-18-9-7-6-8-10-18/h6-12,15-17H,4-5,13-14H2,1-3H3,(H,26,27,28). The number of sulfonamides is 1. The van der Waals surface area contributed by atoms with Crippen molar-refractivity contribution in [2.45, 2.75) is 27.2 Å². The quantitative estimate of drug-likeness (QED) is 0.254. The van der Waals surface area contributed by atoms with E-state index in [0.717, 1.165) is 28.7 Å². The number of hydrogen-bond acceptors (Lipinski definition) is 9. The molecule has 4 rings (SSSR count). The van der Waals surface area contributed by atoms with Gasteiger partial charge in [-0.2, -0.15) is 0 Å². The van der Waals surface area contributed by atoms with Gasteiger partial charge in [-0.3, -0.25) is 4.72 Å². The summed E-state index contributed by atoms with van der Waals surface area (Å²) in [6, 6.07) is 16.7. The van der Waals surface area contributed by atoms with Crippen LogP contribution in [0.15, 0.2) is 74.2 Å². The minimum Gasteiger partial charge on any atom is -0.493 e. The third kappa shape index (κ3) is 6.28. The molecule has 1 N–H and O–H groups in total. The van der Waals surface area contributed by atoms with Crippen LogP contribution < -0.4 is 14.2 Å². The summed E-state index contributed by atoms with van der Waals surface area (Å²) in [6.07, 6.45) is 1.33. The van der Waals surface area contributed by atoms with Crippen molar-refractivity contribution in [2.75, 3.05) is 38.1 Å². The Bertz CT molecular complexity index is 1410. The number of nitrogens with one attached hydrogen (secondary N) is 1. The summed E-state index contributed by atoms with van der Waals surface area (Å²) in [5.74, 6) is 1.21. The number of likely N-dealkylation sites (N-methyl/N-ethyl adjacent to an activating group) is 1. The summed E-state index contributed by atoms with van der Waals surface area (Å²) in [5, 5.41) is 0.518. The van der Waals surface area contributed by atoms with Crippen LogP contribution in [-0.4, -0.2) is 56.6 Å². The number of aromatic nitrogens is 2. The van der Waals surface area contributed by atoms with Gasteiger partial charge in [0.1, 0.15) is 17.1 Å². The van der Waals surface area contributed by atoms with E-state index in [0.29, 0.717) is 29.0 Å². The van der Waals surface area contributed by atoms with Crippen LogP contribution in [0, 0.1) is 0 Å². The first kappa shape index (κ1) is 26.2. The molecule has 0 atom stereocenters. The Labute approximate surface area is 219 Å². The molecule has 0 fully saturated rings. The summed E-state index contributed by atoms with van der Waals surface area (Å²) in [5.41, 5.74) is 0.549. The van der Waals surface area contributed by atoms with Crippen molar-refractivity contribution >= 4 is 49.8 Å². The molecule has 0 saturated heterocycles. The number of thiophene rings is 1. The Morgan fingerprint density at radius 3 is 2.53 bits per heavy atom. The monoisotopic (exact) mass is 544 g/mol. The van der Waals surface area contributed by atoms with Crippen molar-refractivity contribution in [3.05, 3.63) is 60.9 Å². The van der Waals surface area contributed by atoms with Crippen molar-refractivity contribution in [1.82, 2.24) is 14.9 Å². The van der Waals surface area contributed by atoms with Crippen molar-refractivity contribution in [1.29, 1.82) is 0 Å². The van der Waals surface area contributed by atoms with Gasteiger partial charge in [-0.15, -0.1) is 11.3 Å². The average Bonchev–Trinajstić information content (AvgIpc) is 3.36. The maximum Gasteiger partial charge on any atom is 0.272 e. The van der Waals surface area contributed by atoms with Crippen LogP contribution in [-0.2, 0) is 10.0 Å². The SMILES string of the molecule is CCN(CC)CCOc1cc2ncnc(NS(=O)(=O)c3ccc(Sc4ccccc4)s3)c2cc1OC. The van der Waals surface area contributed by atoms with E-state index in [1.54, 1.807) is 31.4 Å². The van der Waals surface area contributed by atoms with Gasteiger partial charge in [-0.1, -0.05) is 43.8 Å². The van der Waals surface area contributed by atoms with Crippen LogP contribution in [0.25, 0.3) is 10.9 Å². The molecule has 0 aliphatic carbocycles. The van der Waals surface area contributed by atoms with Crippen LogP contribution in [0.4, 0.5) is 5.82 Å². The largest absolute Gasteiger partial charge is 0.493 e. The second-order valence-electron chi connectivity index (χ2n) is 7.71. The van der Waals surface area contributed by atoms with Crippen LogP contribution >= 0.6 is 23.1 Å². The fraction of sp³-hybridized carbons (Fsp3) is 0.280. The lowest BCUT2D eigenvalue weighted by Gasteiger charge is -2.19. The van der Waals surface area contributed by atoms with E-state index < -0.39 is 10.0 Å². The highest BCUT2D eigenvalue weighted by Gasteiger charge is 2.21. The first-order valence-corrected chi connectivity index (χ1v) is 14.6. The number of benzene rings is 2. The number of fused-ring (bicyclic) bond motifs is 1. The molecule has 0 spiro atoms. The van der Waals surface area contributed by atoms with Crippen LogP contribution in [0.2, 0.25) is 0 Å². The molecule has 2 heterocycles. The van der Waals surface area contributed by atoms with Gasteiger partial charge in [0.05, 0.1) is 16.8 Å². The molecule has 8 nitrogen and oxygen atoms in total. The zero-order valence-electron chi connectivity index (χ0n) is 20.3. The summed E-state index contributed by atoms with van der Waals surface area (Å²) >= 11 is 2.72. The third-order valence-corrected chi connectivity index (χ3v) is 9.55. The summed E-state index contributed by atoms with van der Waals surface area (Å²) in [7, 11) is -2.30. The number of anilines is 1. The highest BCUT2D eigenvalue weighted by atomic mass is 32.3. The van der Waals surface area contributed by atoms with E-state index in [4.69, 9.17) is 9.47 Å². The summed E-state index contributed by atoms with van der Waals surface area (Å²) in [4.78, 5) is 11.8. The topological polar surface area (TPSA) is 93.6 Å². The molecular formula is C25H28N4O4S3. The van der Waals surface area contributed by atoms with Gasteiger partial charge in [0, 0.05) is 22.9 Å². The maximum absolute atomic E-state index is 13.2. The molecule has 36 heavy (non-hydrogen) atoms. The Hall–Kier alpha value is -2.86. The highest BCUT2D eigenvalue weighted by Crippen LogP contribution is 2.37. The molecule has 0 amide bonds. The molecule has 0 aliphatic rings. The Morgan fingerprint density at radius 2 is 1.81 bits per heavy atom. The van der Waals surface area contributed by atoms with E-state index in [1.165, 1.54) is 29.4 Å². The number of ether oxygens (including phenoxy) is 2. The Kier molecular flexibility index (Phi) is 8.68. The first-order chi connectivity index (χ1) is 17.4. The zero-order chi connectivity index (χ0) is 25.5. The van der Waals surface area contributed by atoms with Gasteiger partial charge < -0.3 is 14.4 Å². The number of hydrogen-bond donors (Lipinski definition) is 1. The van der Waals surface area contributed by atoms with Crippen molar-refractivity contribution in [3.63, 3.8) is 0 Å². The van der Waals surface area contributed by atoms with E-state index in [-0.39, 0.29) is 10.0 Å². The van der Waals surface area contributed by atoms with Gasteiger partial charge in [-0.25, -0.2) is 18.4 Å². The van der Waals surface area contributed by atoms with E-state index in [2.05, 4.69) is 33.4 Å². The van der Waals surface area contributed by atoms with Gasteiger partial charge in [0.15, 0.2) is 17.3 Å². The fourth-order valence-electron chi connectivity index (χ4n) is 3.53. The van der Waals surface area contributed by atoms with E-state index >= 15 is 0 Å². The van der Waals surface area contributed by atoms with Gasteiger partial charge in [0.25, 0.3) is 10.0 Å². The second kappa shape index (κ2) is 11.9. The van der Waals surface area contributed by atoms with Crippen LogP contribution in [0.1, 0.15) is 13.8 Å². The molecule has 11 heteroatoms. The molecule has 0 radical (unpaired) electrons. The lowest BCUT2D eigenvalue weighted by Crippen LogP contribution is -2.27. The number of rotatable bonds is 12. The number of nitrogens with zero attached hydrogens (tertiary/aromatic N) is 3. The van der Waals surface area contributed by atoms with Gasteiger partial charge >= 0.3 is 0 Å². The summed E-state index contributed by atoms with van der Waals surface area (Å²) < 4.78 is 41.5. The van der Waals surface area contributed by atoms with Gasteiger partial charge in [0.2, 0.25) is 0 Å². The molecule has 2 aromatic heterocycles. The number of methoxy groups -OCH3 is 1. The van der Waals surface area contributed by atoms with Gasteiger partial charge in [-0.05, 0) is 43.4 Å². The first-order valence-electron chi connectivity index (χ1n) is 11.5. The Morgan fingerprint density at radius 1 is 1.03 bits per heavy atom. The van der Waals surface area contributed by atoms with Crippen molar-refractivity contribution in [3.8, 4) is 11.5 Å². The molecule has 4 aromatic rings. The van der Waals surface area contributed by atoms with Crippen LogP contribution in [0.3, 0.4) is 0 Å². The molecule has 0 unspecified atom stereocenters. The predicted molar refractivity (Wildman–Crippen MR) is 145 cm³/mol. The maximum atomic E-state index is 13.2. The molecule has 0 bridgehead atoms. The zero-order valence-corrected chi connectivity index (χ0v) is 22.8. The minimum absolute atomic E-state index is 0.179. The summed E-state index contributed by atoms with van der Waals surface area (Å²) in [6.45, 7) is 7.39. The van der Waals surface area contributed by atoms with Crippen molar-refractivity contribution < 1.29 is 17.9 Å². The highest BCUT2D eigenvalue weighted by molar-refractivity contribution is 8.02. The molecule has 0 saturated carbocycles. The minimum atomic E-state index is -3.85. The fourth-order valence-corrected chi connectivity index (χ4v) is 7.14. The van der Waals surface area contributed by atoms with E-state index in [9.17, 15) is 8.42 Å². The predicted octanol–water partition coefficient (Wildman–Crippen LogP) is 5.37. The van der Waals surface area contributed by atoms with Crippen LogP contribution in [0.5, 0.6) is 11.5 Å². The van der Waals surface area contributed by atoms with Crippen molar-refractivity contribution in [2.24, 2.45) is 0 Å². The second-order valence-corrected chi connectivity index (χ2v) is 12.1.